The maximum atomic E-state index is 14.6. The van der Waals surface area contributed by atoms with Gasteiger partial charge in [-0.05, 0) is 25.0 Å². The highest BCUT2D eigenvalue weighted by atomic mass is 19.1. The van der Waals surface area contributed by atoms with Crippen LogP contribution in [0.3, 0.4) is 0 Å². The molecular formula is C21H24FN3O5. The molecule has 2 N–H and O–H groups in total. The summed E-state index contributed by atoms with van der Waals surface area (Å²) in [6, 6.07) is 3.08. The molecule has 0 atom stereocenters. The Morgan fingerprint density at radius 1 is 1.30 bits per heavy atom. The van der Waals surface area contributed by atoms with E-state index in [2.05, 4.69) is 16.6 Å². The molecule has 0 radical (unpaired) electrons. The van der Waals surface area contributed by atoms with Crippen molar-refractivity contribution in [3.8, 4) is 0 Å². The van der Waals surface area contributed by atoms with Gasteiger partial charge in [-0.25, -0.2) is 14.0 Å². The number of hydrogen-bond acceptors (Lipinski definition) is 6. The Bertz CT molecular complexity index is 1040. The van der Waals surface area contributed by atoms with E-state index in [9.17, 15) is 23.9 Å². The van der Waals surface area contributed by atoms with E-state index in [1.807, 2.05) is 9.47 Å². The van der Waals surface area contributed by atoms with Crippen LogP contribution in [-0.4, -0.2) is 54.9 Å². The largest absolute Gasteiger partial charge is 0.477 e. The summed E-state index contributed by atoms with van der Waals surface area (Å²) in [4.78, 5) is 35.6. The summed E-state index contributed by atoms with van der Waals surface area (Å²) in [7, 11) is 1.31. The first-order valence-corrected chi connectivity index (χ1v) is 9.65. The molecule has 30 heavy (non-hydrogen) atoms. The standard InChI is InChI=1S/C17H18FN3O3.C4H6O2/c18-13-7-11-14(8-15(13)20-5-3-19-4-6-20)21(10-1-2-10)9-12(16(11)22)17(23)24;1-3-4(5)6-2/h7-10,19H,1-6H2,(H,23,24);3H,1H2,2H3. The van der Waals surface area contributed by atoms with E-state index in [0.717, 1.165) is 32.0 Å². The molecule has 9 heteroatoms. The first-order valence-electron chi connectivity index (χ1n) is 9.65. The molecule has 0 unspecified atom stereocenters. The molecule has 1 aliphatic carbocycles. The van der Waals surface area contributed by atoms with Crippen LogP contribution in [-0.2, 0) is 9.53 Å². The summed E-state index contributed by atoms with van der Waals surface area (Å²) in [5.74, 6) is -2.15. The smallest absolute Gasteiger partial charge is 0.341 e. The van der Waals surface area contributed by atoms with Gasteiger partial charge in [0.25, 0.3) is 0 Å². The van der Waals surface area contributed by atoms with Gasteiger partial charge in [0.1, 0.15) is 11.4 Å². The predicted octanol–water partition coefficient (Wildman–Crippen LogP) is 1.93. The number of carbonyl (C=O) groups excluding carboxylic acids is 1. The molecule has 160 valence electrons. The van der Waals surface area contributed by atoms with Crippen LogP contribution >= 0.6 is 0 Å². The van der Waals surface area contributed by atoms with Crippen molar-refractivity contribution < 1.29 is 23.8 Å². The lowest BCUT2D eigenvalue weighted by molar-refractivity contribution is -0.134. The summed E-state index contributed by atoms with van der Waals surface area (Å²) in [6.45, 7) is 6.12. The number of halogens is 1. The molecule has 2 aromatic rings. The number of nitrogens with one attached hydrogen (secondary N) is 1. The highest BCUT2D eigenvalue weighted by Crippen LogP contribution is 2.38. The number of ether oxygens (including phenoxy) is 1. The summed E-state index contributed by atoms with van der Waals surface area (Å²) in [5, 5.41) is 12.6. The molecule has 0 spiro atoms. The Morgan fingerprint density at radius 3 is 2.47 bits per heavy atom. The Hall–Kier alpha value is -3.20. The van der Waals surface area contributed by atoms with Gasteiger partial charge in [0.15, 0.2) is 0 Å². The number of anilines is 1. The van der Waals surface area contributed by atoms with Gasteiger partial charge in [-0.1, -0.05) is 6.58 Å². The summed E-state index contributed by atoms with van der Waals surface area (Å²) < 4.78 is 20.6. The number of fused-ring (bicyclic) bond motifs is 1. The van der Waals surface area contributed by atoms with Crippen LogP contribution in [0.4, 0.5) is 10.1 Å². The third kappa shape index (κ3) is 4.51. The molecule has 1 aliphatic heterocycles. The molecule has 1 aromatic heterocycles. The zero-order valence-electron chi connectivity index (χ0n) is 16.7. The van der Waals surface area contributed by atoms with Crippen molar-refractivity contribution >= 4 is 28.5 Å². The number of esters is 1. The number of rotatable bonds is 4. The van der Waals surface area contributed by atoms with Crippen molar-refractivity contribution in [3.63, 3.8) is 0 Å². The summed E-state index contributed by atoms with van der Waals surface area (Å²) >= 11 is 0. The number of carboxylic acid groups (broad SMARTS) is 1. The zero-order chi connectivity index (χ0) is 21.8. The van der Waals surface area contributed by atoms with Crippen LogP contribution in [0, 0.1) is 5.82 Å². The number of pyridine rings is 1. The molecule has 1 saturated carbocycles. The normalized spacial score (nSPS) is 15.9. The highest BCUT2D eigenvalue weighted by molar-refractivity contribution is 5.93. The van der Waals surface area contributed by atoms with Gasteiger partial charge in [-0.15, -0.1) is 0 Å². The van der Waals surface area contributed by atoms with Gasteiger partial charge in [-0.2, -0.15) is 0 Å². The van der Waals surface area contributed by atoms with Crippen molar-refractivity contribution in [1.82, 2.24) is 9.88 Å². The first-order chi connectivity index (χ1) is 14.4. The number of aromatic carboxylic acids is 1. The van der Waals surface area contributed by atoms with Crippen LogP contribution in [0.2, 0.25) is 0 Å². The van der Waals surface area contributed by atoms with Gasteiger partial charge >= 0.3 is 11.9 Å². The number of carbonyl (C=O) groups is 2. The number of benzene rings is 1. The fourth-order valence-electron chi connectivity index (χ4n) is 3.40. The lowest BCUT2D eigenvalue weighted by atomic mass is 10.1. The molecule has 1 aromatic carbocycles. The average molecular weight is 417 g/mol. The molecule has 0 bridgehead atoms. The number of carboxylic acids is 1. The number of hydrogen-bond donors (Lipinski definition) is 2. The predicted molar refractivity (Wildman–Crippen MR) is 111 cm³/mol. The second-order valence-corrected chi connectivity index (χ2v) is 7.10. The topological polar surface area (TPSA) is 101 Å². The fourth-order valence-corrected chi connectivity index (χ4v) is 3.40. The molecule has 2 heterocycles. The average Bonchev–Trinajstić information content (AvgIpc) is 3.59. The van der Waals surface area contributed by atoms with Crippen molar-refractivity contribution in [3.05, 3.63) is 52.6 Å². The molecule has 1 saturated heterocycles. The number of methoxy groups -OCH3 is 1. The zero-order valence-corrected chi connectivity index (χ0v) is 16.7. The maximum absolute atomic E-state index is 14.6. The monoisotopic (exact) mass is 417 g/mol. The minimum absolute atomic E-state index is 0.137. The van der Waals surface area contributed by atoms with Crippen LogP contribution in [0.15, 0.2) is 35.8 Å². The Kier molecular flexibility index (Phi) is 6.51. The van der Waals surface area contributed by atoms with E-state index in [1.165, 1.54) is 19.4 Å². The van der Waals surface area contributed by atoms with Gasteiger partial charge in [0.2, 0.25) is 5.43 Å². The second-order valence-electron chi connectivity index (χ2n) is 7.10. The van der Waals surface area contributed by atoms with Crippen LogP contribution in [0.5, 0.6) is 0 Å². The van der Waals surface area contributed by atoms with Gasteiger partial charge < -0.3 is 24.6 Å². The minimum Gasteiger partial charge on any atom is -0.477 e. The van der Waals surface area contributed by atoms with Gasteiger partial charge in [-0.3, -0.25) is 4.79 Å². The lowest BCUT2D eigenvalue weighted by Crippen LogP contribution is -2.43. The molecule has 0 amide bonds. The minimum atomic E-state index is -1.28. The SMILES string of the molecule is C=CC(=O)OC.O=C(O)c1cn(C2CC2)c2cc(N3CCNCC3)c(F)cc2c1=O. The van der Waals surface area contributed by atoms with Crippen molar-refractivity contribution in [2.75, 3.05) is 38.2 Å². The third-order valence-electron chi connectivity index (χ3n) is 5.10. The third-order valence-corrected chi connectivity index (χ3v) is 5.10. The van der Waals surface area contributed by atoms with E-state index in [0.29, 0.717) is 24.3 Å². The fraction of sp³-hybridized carbons (Fsp3) is 0.381. The van der Waals surface area contributed by atoms with Crippen molar-refractivity contribution in [2.24, 2.45) is 0 Å². The Labute approximate surface area is 172 Å². The molecular weight excluding hydrogens is 393 g/mol. The van der Waals surface area contributed by atoms with Crippen LogP contribution in [0.1, 0.15) is 29.2 Å². The van der Waals surface area contributed by atoms with Crippen LogP contribution < -0.4 is 15.6 Å². The van der Waals surface area contributed by atoms with Crippen molar-refractivity contribution in [2.45, 2.75) is 18.9 Å². The Morgan fingerprint density at radius 2 is 1.97 bits per heavy atom. The van der Waals surface area contributed by atoms with Gasteiger partial charge in [0, 0.05) is 49.9 Å². The maximum Gasteiger partial charge on any atom is 0.341 e. The quantitative estimate of drug-likeness (QED) is 0.579. The first kappa shape index (κ1) is 21.5. The Balaban J connectivity index is 0.000000377. The molecule has 2 fully saturated rings. The molecule has 4 rings (SSSR count). The van der Waals surface area contributed by atoms with Crippen molar-refractivity contribution in [1.29, 1.82) is 0 Å². The summed E-state index contributed by atoms with van der Waals surface area (Å²) in [5.41, 5.74) is 0.159. The van der Waals surface area contributed by atoms with E-state index in [4.69, 9.17) is 0 Å². The van der Waals surface area contributed by atoms with E-state index in [-0.39, 0.29) is 17.0 Å². The second kappa shape index (κ2) is 9.08. The lowest BCUT2D eigenvalue weighted by Gasteiger charge is -2.30. The van der Waals surface area contributed by atoms with E-state index < -0.39 is 23.2 Å². The highest BCUT2D eigenvalue weighted by Gasteiger charge is 2.28. The summed E-state index contributed by atoms with van der Waals surface area (Å²) in [6.07, 6.45) is 4.40. The number of nitrogens with zero attached hydrogens (tertiary/aromatic N) is 2. The number of aromatic nitrogens is 1. The molecule has 8 nitrogen and oxygen atoms in total. The van der Waals surface area contributed by atoms with Gasteiger partial charge in [0.05, 0.1) is 18.3 Å². The number of piperazine rings is 1. The molecule has 2 aliphatic rings. The van der Waals surface area contributed by atoms with Crippen LogP contribution in [0.25, 0.3) is 10.9 Å². The van der Waals surface area contributed by atoms with E-state index in [1.54, 1.807) is 6.07 Å². The van der Waals surface area contributed by atoms with E-state index >= 15 is 0 Å².